The van der Waals surface area contributed by atoms with Crippen molar-refractivity contribution >= 4 is 45.7 Å². The fraction of sp³-hybridized carbons (Fsp3) is 0.333. The van der Waals surface area contributed by atoms with Gasteiger partial charge in [-0.15, -0.1) is 10.2 Å². The number of aromatic nitrogens is 2. The van der Waals surface area contributed by atoms with E-state index in [1.54, 1.807) is 54.6 Å². The monoisotopic (exact) mass is 689 g/mol. The first-order valence-electron chi connectivity index (χ1n) is 15.8. The van der Waals surface area contributed by atoms with Crippen LogP contribution in [0.15, 0.2) is 70.6 Å². The fourth-order valence-electron chi connectivity index (χ4n) is 5.67. The summed E-state index contributed by atoms with van der Waals surface area (Å²) < 4.78 is 32.6. The number of Topliss-reactive ketones (excluding diaryl/α,β-unsaturated/α-hetero) is 1. The largest absolute Gasteiger partial charge is 0.507 e. The van der Waals surface area contributed by atoms with E-state index in [1.165, 1.54) is 22.7 Å². The minimum Gasteiger partial charge on any atom is -0.507 e. The molecule has 1 saturated heterocycles. The number of aliphatic hydroxyl groups excluding tert-OH is 1. The van der Waals surface area contributed by atoms with Gasteiger partial charge in [0, 0.05) is 17.7 Å². The van der Waals surface area contributed by atoms with E-state index >= 15 is 0 Å². The third kappa shape index (κ3) is 6.91. The lowest BCUT2D eigenvalue weighted by molar-refractivity contribution is -0.132. The maximum Gasteiger partial charge on any atom is 0.301 e. The normalized spacial score (nSPS) is 18.3. The number of aliphatic hydroxyl groups is 1. The first-order chi connectivity index (χ1) is 23.1. The number of rotatable bonds is 12. The Balaban J connectivity index is 1.41. The molecule has 0 spiro atoms. The lowest BCUT2D eigenvalue weighted by Crippen LogP contribution is -2.29. The smallest absolute Gasteiger partial charge is 0.301 e. The Bertz CT molecular complexity index is 1880. The number of benzene rings is 3. The molecule has 0 saturated carbocycles. The molecule has 48 heavy (non-hydrogen) atoms. The second-order valence-electron chi connectivity index (χ2n) is 12.0. The van der Waals surface area contributed by atoms with Gasteiger partial charge < -0.3 is 19.3 Å². The van der Waals surface area contributed by atoms with Crippen molar-refractivity contribution < 1.29 is 33.3 Å². The van der Waals surface area contributed by atoms with Crippen molar-refractivity contribution in [1.82, 2.24) is 10.2 Å². The molecule has 0 unspecified atom stereocenters. The van der Waals surface area contributed by atoms with Crippen molar-refractivity contribution in [2.75, 3.05) is 18.1 Å². The van der Waals surface area contributed by atoms with Crippen molar-refractivity contribution in [3.63, 3.8) is 0 Å². The average molecular weight is 690 g/mol. The molecule has 0 radical (unpaired) electrons. The van der Waals surface area contributed by atoms with Crippen molar-refractivity contribution in [3.05, 3.63) is 94.3 Å². The third-order valence-electron chi connectivity index (χ3n) is 8.06. The maximum absolute atomic E-state index is 14.3. The lowest BCUT2D eigenvalue weighted by atomic mass is 9.94. The summed E-state index contributed by atoms with van der Waals surface area (Å²) in [7, 11) is 0. The van der Waals surface area contributed by atoms with E-state index in [-0.39, 0.29) is 28.4 Å². The molecule has 1 amide bonds. The second kappa shape index (κ2) is 14.4. The minimum absolute atomic E-state index is 0.0101. The molecule has 250 valence electrons. The van der Waals surface area contributed by atoms with Gasteiger partial charge in [0.2, 0.25) is 5.13 Å². The van der Waals surface area contributed by atoms with E-state index < -0.39 is 17.7 Å². The summed E-state index contributed by atoms with van der Waals surface area (Å²) in [5, 5.41) is 20.4. The van der Waals surface area contributed by atoms with Crippen molar-refractivity contribution in [2.45, 2.75) is 62.8 Å². The zero-order valence-electron chi connectivity index (χ0n) is 27.1. The summed E-state index contributed by atoms with van der Waals surface area (Å²) in [6.45, 7) is 8.90. The molecule has 1 fully saturated rings. The molecular weight excluding hydrogens is 654 g/mol. The molecule has 12 heteroatoms. The summed E-state index contributed by atoms with van der Waals surface area (Å²) in [5.74, 6) is 0.132. The van der Waals surface area contributed by atoms with Gasteiger partial charge >= 0.3 is 5.91 Å². The van der Waals surface area contributed by atoms with Gasteiger partial charge in [0.1, 0.15) is 23.4 Å². The highest BCUT2D eigenvalue weighted by Crippen LogP contribution is 2.46. The Morgan fingerprint density at radius 2 is 1.92 bits per heavy atom. The van der Waals surface area contributed by atoms with Crippen LogP contribution in [-0.2, 0) is 21.8 Å². The summed E-state index contributed by atoms with van der Waals surface area (Å²) in [6.07, 6.45) is 1.50. The summed E-state index contributed by atoms with van der Waals surface area (Å²) in [4.78, 5) is 28.9. The van der Waals surface area contributed by atoms with Crippen LogP contribution in [0.1, 0.15) is 62.4 Å². The van der Waals surface area contributed by atoms with Crippen molar-refractivity contribution in [3.8, 4) is 17.2 Å². The number of halogens is 1. The Labute approximate surface area is 286 Å². The van der Waals surface area contributed by atoms with Gasteiger partial charge in [-0.1, -0.05) is 61.2 Å². The standard InChI is InChI=1S/C36H36FN3O6S2/c1-5-44-29-18-22(10-13-28(29)45-15-14-20(2)3)31-30(32(41)23-11-12-27-25(17-23)16-21(4)46-27)33(42)34(43)40(31)35-38-39-36(48-35)47-19-24-8-6-7-9-26(24)37/h6-13,17-18,20-21,31,41H,5,14-16,19H2,1-4H3/t21-,31-/m1/s1. The van der Waals surface area contributed by atoms with Gasteiger partial charge in [-0.3, -0.25) is 14.5 Å². The number of hydrogen-bond acceptors (Lipinski definition) is 10. The van der Waals surface area contributed by atoms with Gasteiger partial charge in [-0.05, 0) is 79.3 Å². The van der Waals surface area contributed by atoms with Gasteiger partial charge in [-0.2, -0.15) is 0 Å². The van der Waals surface area contributed by atoms with E-state index in [4.69, 9.17) is 14.2 Å². The predicted octanol–water partition coefficient (Wildman–Crippen LogP) is 7.74. The van der Waals surface area contributed by atoms with Crippen molar-refractivity contribution in [1.29, 1.82) is 0 Å². The number of anilines is 1. The van der Waals surface area contributed by atoms with E-state index in [1.807, 2.05) is 13.8 Å². The quantitative estimate of drug-likeness (QED) is 0.0525. The number of carbonyl (C=O) groups is 2. The molecular formula is C36H36FN3O6S2. The molecule has 1 aromatic heterocycles. The molecule has 0 bridgehead atoms. The zero-order chi connectivity index (χ0) is 33.9. The summed E-state index contributed by atoms with van der Waals surface area (Å²) in [6, 6.07) is 15.9. The lowest BCUT2D eigenvalue weighted by Gasteiger charge is -2.24. The molecule has 2 aliphatic rings. The molecule has 4 aromatic rings. The number of amides is 1. The fourth-order valence-corrected chi connectivity index (χ4v) is 7.52. The summed E-state index contributed by atoms with van der Waals surface area (Å²) in [5.41, 5.74) is 2.24. The van der Waals surface area contributed by atoms with E-state index in [2.05, 4.69) is 24.0 Å². The molecule has 6 rings (SSSR count). The van der Waals surface area contributed by atoms with Crippen LogP contribution < -0.4 is 19.1 Å². The van der Waals surface area contributed by atoms with E-state index in [0.717, 1.165) is 29.1 Å². The van der Waals surface area contributed by atoms with Crippen molar-refractivity contribution in [2.24, 2.45) is 5.92 Å². The number of nitrogens with zero attached hydrogens (tertiary/aromatic N) is 3. The number of ether oxygens (including phenoxy) is 3. The van der Waals surface area contributed by atoms with Crippen LogP contribution in [0, 0.1) is 11.7 Å². The Kier molecular flexibility index (Phi) is 10.0. The average Bonchev–Trinajstić information content (AvgIpc) is 3.75. The number of fused-ring (bicyclic) bond motifs is 1. The van der Waals surface area contributed by atoms with Crippen LogP contribution in [0.3, 0.4) is 0 Å². The molecule has 3 heterocycles. The van der Waals surface area contributed by atoms with Gasteiger partial charge in [0.15, 0.2) is 15.8 Å². The summed E-state index contributed by atoms with van der Waals surface area (Å²) >= 11 is 2.39. The van der Waals surface area contributed by atoms with Crippen LogP contribution in [0.5, 0.6) is 17.2 Å². The predicted molar refractivity (Wildman–Crippen MR) is 183 cm³/mol. The molecule has 2 atom stereocenters. The van der Waals surface area contributed by atoms with Crippen LogP contribution in [0.4, 0.5) is 9.52 Å². The minimum atomic E-state index is -1.05. The van der Waals surface area contributed by atoms with Gasteiger partial charge in [0.05, 0.1) is 24.8 Å². The van der Waals surface area contributed by atoms with E-state index in [0.29, 0.717) is 63.8 Å². The van der Waals surface area contributed by atoms with Gasteiger partial charge in [0.25, 0.3) is 5.78 Å². The Morgan fingerprint density at radius 1 is 1.10 bits per heavy atom. The third-order valence-corrected chi connectivity index (χ3v) is 10.2. The Hall–Kier alpha value is -4.42. The number of thioether (sulfide) groups is 1. The van der Waals surface area contributed by atoms with Crippen LogP contribution in [0.25, 0.3) is 5.76 Å². The SMILES string of the molecule is CCOc1cc([C@@H]2C(=C(O)c3ccc4c(c3)C[C@@H](C)O4)C(=O)C(=O)N2c2nnc(SCc3ccccc3F)s2)ccc1OCCC(C)C. The maximum atomic E-state index is 14.3. The highest BCUT2D eigenvalue weighted by Gasteiger charge is 2.48. The first-order valence-corrected chi connectivity index (χ1v) is 17.6. The zero-order valence-corrected chi connectivity index (χ0v) is 28.7. The second-order valence-corrected chi connectivity index (χ2v) is 14.2. The molecule has 9 nitrogen and oxygen atoms in total. The topological polar surface area (TPSA) is 111 Å². The highest BCUT2D eigenvalue weighted by molar-refractivity contribution is 8.00. The Morgan fingerprint density at radius 3 is 2.69 bits per heavy atom. The molecule has 0 aliphatic carbocycles. The molecule has 1 N–H and O–H groups in total. The first kappa shape index (κ1) is 33.5. The number of ketones is 1. The van der Waals surface area contributed by atoms with Crippen LogP contribution in [-0.4, -0.2) is 46.3 Å². The van der Waals surface area contributed by atoms with Crippen LogP contribution >= 0.6 is 23.1 Å². The van der Waals surface area contributed by atoms with Gasteiger partial charge in [-0.25, -0.2) is 4.39 Å². The van der Waals surface area contributed by atoms with Crippen LogP contribution in [0.2, 0.25) is 0 Å². The molecule has 2 aliphatic heterocycles. The number of hydrogen-bond donors (Lipinski definition) is 1. The molecule has 3 aromatic carbocycles. The number of carbonyl (C=O) groups excluding carboxylic acids is 2. The highest BCUT2D eigenvalue weighted by atomic mass is 32.2. The van der Waals surface area contributed by atoms with E-state index in [9.17, 15) is 19.1 Å².